The number of rotatable bonds is 2. The highest BCUT2D eigenvalue weighted by Gasteiger charge is 2.52. The molecule has 1 unspecified atom stereocenters. The van der Waals surface area contributed by atoms with Crippen molar-refractivity contribution < 1.29 is 0 Å². The van der Waals surface area contributed by atoms with Crippen LogP contribution in [0.15, 0.2) is 12.5 Å². The Balaban J connectivity index is 1.71. The average Bonchev–Trinajstić information content (AvgIpc) is 2.64. The molecule has 1 aromatic heterocycles. The molecular weight excluding hydrogens is 198 g/mol. The Morgan fingerprint density at radius 3 is 2.86 bits per heavy atom. The molecule has 1 heterocycles. The number of hydrogen-bond acceptors (Lipinski definition) is 3. The van der Waals surface area contributed by atoms with Gasteiger partial charge in [0.1, 0.15) is 17.2 Å². The van der Waals surface area contributed by atoms with E-state index < -0.39 is 0 Å². The number of nitrogens with zero attached hydrogens (tertiary/aromatic N) is 2. The first-order valence-electron chi connectivity index (χ1n) is 5.08. The smallest absolute Gasteiger partial charge is 0.148 e. The van der Waals surface area contributed by atoms with E-state index >= 15 is 0 Å². The lowest BCUT2D eigenvalue weighted by atomic mass is 10.2. The Hall–Kier alpha value is -0.830. The van der Waals surface area contributed by atoms with E-state index in [0.29, 0.717) is 11.1 Å². The number of aromatic nitrogens is 2. The molecule has 0 amide bonds. The van der Waals surface area contributed by atoms with E-state index in [1.54, 1.807) is 6.20 Å². The fourth-order valence-electron chi connectivity index (χ4n) is 2.61. The Kier molecular flexibility index (Phi) is 1.87. The molecule has 1 N–H and O–H groups in total. The first-order valence-corrected chi connectivity index (χ1v) is 5.46. The summed E-state index contributed by atoms with van der Waals surface area (Å²) >= 11 is 5.97. The first-order chi connectivity index (χ1) is 6.86. The Morgan fingerprint density at radius 1 is 1.36 bits per heavy atom. The van der Waals surface area contributed by atoms with Gasteiger partial charge in [-0.25, -0.2) is 9.97 Å². The largest absolute Gasteiger partial charge is 0.365 e. The summed E-state index contributed by atoms with van der Waals surface area (Å²) in [5.74, 6) is 2.54. The van der Waals surface area contributed by atoms with Gasteiger partial charge in [0, 0.05) is 6.04 Å². The van der Waals surface area contributed by atoms with Crippen LogP contribution in [0.5, 0.6) is 0 Å². The van der Waals surface area contributed by atoms with Crippen LogP contribution >= 0.6 is 11.6 Å². The van der Waals surface area contributed by atoms with E-state index in [-0.39, 0.29) is 0 Å². The van der Waals surface area contributed by atoms with E-state index in [4.69, 9.17) is 11.6 Å². The van der Waals surface area contributed by atoms with Crippen LogP contribution in [-0.2, 0) is 0 Å². The van der Waals surface area contributed by atoms with Gasteiger partial charge in [0.2, 0.25) is 0 Å². The van der Waals surface area contributed by atoms with Crippen molar-refractivity contribution in [3.63, 3.8) is 0 Å². The molecule has 3 rings (SSSR count). The average molecular weight is 210 g/mol. The molecular formula is C10H12ClN3. The summed E-state index contributed by atoms with van der Waals surface area (Å²) in [6.07, 6.45) is 7.29. The predicted molar refractivity (Wildman–Crippen MR) is 55.3 cm³/mol. The summed E-state index contributed by atoms with van der Waals surface area (Å²) < 4.78 is 0. The van der Waals surface area contributed by atoms with Crippen molar-refractivity contribution in [1.82, 2.24) is 9.97 Å². The predicted octanol–water partition coefficient (Wildman–Crippen LogP) is 2.34. The molecule has 74 valence electrons. The molecule has 0 bridgehead atoms. The lowest BCUT2D eigenvalue weighted by molar-refractivity contribution is 0.694. The van der Waals surface area contributed by atoms with E-state index in [2.05, 4.69) is 15.3 Å². The second-order valence-corrected chi connectivity index (χ2v) is 4.56. The molecule has 2 aliphatic carbocycles. The lowest BCUT2D eigenvalue weighted by Gasteiger charge is -2.07. The summed E-state index contributed by atoms with van der Waals surface area (Å²) in [5.41, 5.74) is 0. The van der Waals surface area contributed by atoms with Gasteiger partial charge in [0.15, 0.2) is 0 Å². The van der Waals surface area contributed by atoms with Crippen molar-refractivity contribution >= 4 is 17.4 Å². The van der Waals surface area contributed by atoms with Crippen LogP contribution in [-0.4, -0.2) is 16.0 Å². The summed E-state index contributed by atoms with van der Waals surface area (Å²) in [4.78, 5) is 7.99. The minimum Gasteiger partial charge on any atom is -0.365 e. The van der Waals surface area contributed by atoms with Crippen molar-refractivity contribution in [3.8, 4) is 0 Å². The van der Waals surface area contributed by atoms with E-state index in [1.807, 2.05) is 0 Å². The van der Waals surface area contributed by atoms with Crippen LogP contribution in [0.4, 0.5) is 5.82 Å². The van der Waals surface area contributed by atoms with E-state index in [0.717, 1.165) is 17.7 Å². The standard InChI is InChI=1S/C10H12ClN3/c11-8-4-12-5-13-10(8)14-9-6-2-1-3-7(6)9/h4-7,9H,1-3H2,(H,12,13,14)/t6-,7+,9?. The fraction of sp³-hybridized carbons (Fsp3) is 0.600. The minimum atomic E-state index is 0.621. The molecule has 1 aromatic rings. The van der Waals surface area contributed by atoms with Crippen LogP contribution < -0.4 is 5.32 Å². The van der Waals surface area contributed by atoms with Gasteiger partial charge in [-0.05, 0) is 24.7 Å². The van der Waals surface area contributed by atoms with Gasteiger partial charge < -0.3 is 5.32 Å². The zero-order chi connectivity index (χ0) is 9.54. The maximum absolute atomic E-state index is 5.97. The SMILES string of the molecule is Clc1cncnc1NC1[C@H]2CCC[C@@H]12. The normalized spacial score (nSPS) is 33.9. The molecule has 2 saturated carbocycles. The highest BCUT2D eigenvalue weighted by atomic mass is 35.5. The van der Waals surface area contributed by atoms with Gasteiger partial charge in [-0.15, -0.1) is 0 Å². The number of fused-ring (bicyclic) bond motifs is 1. The topological polar surface area (TPSA) is 37.8 Å². The van der Waals surface area contributed by atoms with Crippen LogP contribution in [0, 0.1) is 11.8 Å². The molecule has 0 saturated heterocycles. The maximum atomic E-state index is 5.97. The minimum absolute atomic E-state index is 0.621. The fourth-order valence-corrected chi connectivity index (χ4v) is 2.77. The molecule has 2 aliphatic rings. The Morgan fingerprint density at radius 2 is 2.14 bits per heavy atom. The highest BCUT2D eigenvalue weighted by Crippen LogP contribution is 2.53. The van der Waals surface area contributed by atoms with Gasteiger partial charge in [0.05, 0.1) is 6.20 Å². The molecule has 2 fully saturated rings. The molecule has 14 heavy (non-hydrogen) atoms. The molecule has 4 heteroatoms. The zero-order valence-electron chi connectivity index (χ0n) is 7.78. The van der Waals surface area contributed by atoms with Crippen molar-refractivity contribution in [3.05, 3.63) is 17.5 Å². The molecule has 0 aromatic carbocycles. The lowest BCUT2D eigenvalue weighted by Crippen LogP contribution is -2.09. The third-order valence-corrected chi connectivity index (χ3v) is 3.65. The quantitative estimate of drug-likeness (QED) is 0.813. The monoisotopic (exact) mass is 209 g/mol. The van der Waals surface area contributed by atoms with Crippen LogP contribution in [0.3, 0.4) is 0 Å². The first kappa shape index (κ1) is 8.48. The van der Waals surface area contributed by atoms with Gasteiger partial charge in [-0.2, -0.15) is 0 Å². The summed E-state index contributed by atoms with van der Waals surface area (Å²) in [6.45, 7) is 0. The second kappa shape index (κ2) is 3.09. The number of nitrogens with one attached hydrogen (secondary N) is 1. The van der Waals surface area contributed by atoms with Gasteiger partial charge in [-0.3, -0.25) is 0 Å². The van der Waals surface area contributed by atoms with Crippen LogP contribution in [0.25, 0.3) is 0 Å². The third-order valence-electron chi connectivity index (χ3n) is 3.38. The van der Waals surface area contributed by atoms with Crippen molar-refractivity contribution in [2.75, 3.05) is 5.32 Å². The summed E-state index contributed by atoms with van der Waals surface area (Å²) in [7, 11) is 0. The number of halogens is 1. The van der Waals surface area contributed by atoms with Crippen molar-refractivity contribution in [2.24, 2.45) is 11.8 Å². The summed E-state index contributed by atoms with van der Waals surface area (Å²) in [6, 6.07) is 0.621. The van der Waals surface area contributed by atoms with Crippen LogP contribution in [0.2, 0.25) is 5.02 Å². The molecule has 0 spiro atoms. The maximum Gasteiger partial charge on any atom is 0.148 e. The number of anilines is 1. The highest BCUT2D eigenvalue weighted by molar-refractivity contribution is 6.32. The van der Waals surface area contributed by atoms with Crippen molar-refractivity contribution in [1.29, 1.82) is 0 Å². The van der Waals surface area contributed by atoms with Gasteiger partial charge >= 0.3 is 0 Å². The van der Waals surface area contributed by atoms with E-state index in [1.165, 1.54) is 25.6 Å². The Bertz CT molecular complexity index is 345. The van der Waals surface area contributed by atoms with E-state index in [9.17, 15) is 0 Å². The number of hydrogen-bond donors (Lipinski definition) is 1. The molecule has 0 aliphatic heterocycles. The van der Waals surface area contributed by atoms with Gasteiger partial charge in [-0.1, -0.05) is 18.0 Å². The molecule has 0 radical (unpaired) electrons. The van der Waals surface area contributed by atoms with Crippen LogP contribution in [0.1, 0.15) is 19.3 Å². The van der Waals surface area contributed by atoms with Crippen molar-refractivity contribution in [2.45, 2.75) is 25.3 Å². The molecule has 3 atom stereocenters. The third kappa shape index (κ3) is 1.27. The van der Waals surface area contributed by atoms with Gasteiger partial charge in [0.25, 0.3) is 0 Å². The second-order valence-electron chi connectivity index (χ2n) is 4.15. The molecule has 3 nitrogen and oxygen atoms in total. The zero-order valence-corrected chi connectivity index (χ0v) is 8.54. The Labute approximate surface area is 87.9 Å². The summed E-state index contributed by atoms with van der Waals surface area (Å²) in [5, 5.41) is 4.03.